The van der Waals surface area contributed by atoms with E-state index < -0.39 is 5.97 Å². The number of hydrogen-bond donors (Lipinski definition) is 1. The Labute approximate surface area is 203 Å². The van der Waals surface area contributed by atoms with Gasteiger partial charge in [0.25, 0.3) is 5.91 Å². The first-order valence-corrected chi connectivity index (χ1v) is 12.5. The fraction of sp³-hybridized carbons (Fsp3) is 0.393. The Bertz CT molecular complexity index is 1250. The summed E-state index contributed by atoms with van der Waals surface area (Å²) >= 11 is 6.38. The molecular formula is C28H27ClN2O3. The van der Waals surface area contributed by atoms with Crippen LogP contribution in [-0.2, 0) is 9.53 Å². The van der Waals surface area contributed by atoms with Crippen LogP contribution in [0, 0.1) is 17.8 Å². The van der Waals surface area contributed by atoms with Crippen LogP contribution in [-0.4, -0.2) is 29.0 Å². The van der Waals surface area contributed by atoms with E-state index in [0.717, 1.165) is 42.6 Å². The van der Waals surface area contributed by atoms with E-state index in [1.807, 2.05) is 42.5 Å². The summed E-state index contributed by atoms with van der Waals surface area (Å²) in [5.41, 5.74) is 2.28. The number of fused-ring (bicyclic) bond motifs is 1. The molecule has 1 N–H and O–H groups in total. The molecule has 0 aliphatic heterocycles. The van der Waals surface area contributed by atoms with Crippen LogP contribution < -0.4 is 5.32 Å². The van der Waals surface area contributed by atoms with Gasteiger partial charge in [0.1, 0.15) is 0 Å². The molecule has 1 heterocycles. The molecule has 4 aliphatic carbocycles. The van der Waals surface area contributed by atoms with Gasteiger partial charge in [0, 0.05) is 21.5 Å². The van der Waals surface area contributed by atoms with Crippen LogP contribution >= 0.6 is 11.6 Å². The van der Waals surface area contributed by atoms with E-state index in [9.17, 15) is 9.59 Å². The third-order valence-corrected chi connectivity index (χ3v) is 8.19. The number of halogens is 1. The van der Waals surface area contributed by atoms with Crippen LogP contribution in [0.3, 0.4) is 0 Å². The molecule has 0 radical (unpaired) electrons. The third-order valence-electron chi connectivity index (χ3n) is 7.86. The molecule has 5 nitrogen and oxygen atoms in total. The van der Waals surface area contributed by atoms with Crippen molar-refractivity contribution in [2.24, 2.45) is 17.8 Å². The molecule has 1 amide bonds. The van der Waals surface area contributed by atoms with Crippen LogP contribution in [0.1, 0.15) is 48.9 Å². The lowest BCUT2D eigenvalue weighted by molar-refractivity contribution is -0.130. The van der Waals surface area contributed by atoms with E-state index in [-0.39, 0.29) is 18.1 Å². The highest BCUT2D eigenvalue weighted by atomic mass is 35.5. The molecule has 1 aromatic heterocycles. The Morgan fingerprint density at radius 1 is 0.971 bits per heavy atom. The number of rotatable bonds is 5. The van der Waals surface area contributed by atoms with Crippen LogP contribution in [0.5, 0.6) is 0 Å². The van der Waals surface area contributed by atoms with Crippen LogP contribution in [0.15, 0.2) is 54.6 Å². The maximum Gasteiger partial charge on any atom is 0.339 e. The lowest BCUT2D eigenvalue weighted by Gasteiger charge is -2.56. The third kappa shape index (κ3) is 3.96. The van der Waals surface area contributed by atoms with E-state index in [1.54, 1.807) is 12.1 Å². The highest BCUT2D eigenvalue weighted by Crippen LogP contribution is 2.55. The summed E-state index contributed by atoms with van der Waals surface area (Å²) in [5, 5.41) is 4.51. The van der Waals surface area contributed by atoms with Gasteiger partial charge in [-0.3, -0.25) is 4.79 Å². The average molecular weight is 475 g/mol. The second-order valence-electron chi connectivity index (χ2n) is 10.4. The molecule has 7 rings (SSSR count). The lowest BCUT2D eigenvalue weighted by atomic mass is 9.53. The molecule has 0 spiro atoms. The molecule has 3 aromatic rings. The fourth-order valence-corrected chi connectivity index (χ4v) is 7.19. The van der Waals surface area contributed by atoms with E-state index in [1.165, 1.54) is 19.3 Å². The summed E-state index contributed by atoms with van der Waals surface area (Å²) in [7, 11) is 0. The zero-order chi connectivity index (χ0) is 23.3. The number of carbonyl (C=O) groups is 2. The van der Waals surface area contributed by atoms with Crippen molar-refractivity contribution < 1.29 is 14.3 Å². The SMILES string of the molecule is O=C(COC(=O)c1cc(-c2ccccc2Cl)nc2ccccc12)NC12CC3CC(CC(C3)C1)C2. The minimum Gasteiger partial charge on any atom is -0.452 e. The Morgan fingerprint density at radius 3 is 2.32 bits per heavy atom. The normalized spacial score (nSPS) is 27.0. The number of benzene rings is 2. The molecule has 0 unspecified atom stereocenters. The smallest absolute Gasteiger partial charge is 0.339 e. The van der Waals surface area contributed by atoms with Gasteiger partial charge in [-0.15, -0.1) is 0 Å². The molecule has 0 saturated heterocycles. The Balaban J connectivity index is 1.21. The van der Waals surface area contributed by atoms with Crippen LogP contribution in [0.2, 0.25) is 5.02 Å². The predicted molar refractivity (Wildman–Crippen MR) is 132 cm³/mol. The second kappa shape index (κ2) is 8.38. The first kappa shape index (κ1) is 21.6. The highest BCUT2D eigenvalue weighted by molar-refractivity contribution is 6.33. The summed E-state index contributed by atoms with van der Waals surface area (Å²) in [6.45, 7) is -0.279. The molecule has 4 saturated carbocycles. The van der Waals surface area contributed by atoms with Gasteiger partial charge in [0.05, 0.1) is 16.8 Å². The van der Waals surface area contributed by atoms with Gasteiger partial charge in [-0.25, -0.2) is 9.78 Å². The van der Waals surface area contributed by atoms with Gasteiger partial charge in [-0.05, 0) is 74.5 Å². The average Bonchev–Trinajstić information content (AvgIpc) is 2.81. The Kier molecular flexibility index (Phi) is 5.33. The van der Waals surface area contributed by atoms with Crippen LogP contribution in [0.25, 0.3) is 22.2 Å². The zero-order valence-electron chi connectivity index (χ0n) is 18.9. The highest BCUT2D eigenvalue weighted by Gasteiger charge is 2.51. The molecular weight excluding hydrogens is 448 g/mol. The van der Waals surface area contributed by atoms with E-state index >= 15 is 0 Å². The van der Waals surface area contributed by atoms with Crippen molar-refractivity contribution in [1.82, 2.24) is 10.3 Å². The van der Waals surface area contributed by atoms with Gasteiger partial charge in [-0.1, -0.05) is 48.0 Å². The summed E-state index contributed by atoms with van der Waals surface area (Å²) in [6.07, 6.45) is 7.13. The minimum atomic E-state index is -0.535. The van der Waals surface area contributed by atoms with Gasteiger partial charge >= 0.3 is 5.97 Å². The number of esters is 1. The van der Waals surface area contributed by atoms with Gasteiger partial charge < -0.3 is 10.1 Å². The topological polar surface area (TPSA) is 68.3 Å². The minimum absolute atomic E-state index is 0.0984. The standard InChI is InChI=1S/C28H27ClN2O3/c29-23-7-3-1-6-21(23)25-12-22(20-5-2-4-8-24(20)30-25)27(33)34-16-26(32)31-28-13-17-9-18(14-28)11-19(10-17)15-28/h1-8,12,17-19H,9-11,13-16H2,(H,31,32). The number of nitrogens with one attached hydrogen (secondary N) is 1. The maximum atomic E-state index is 13.1. The van der Waals surface area contributed by atoms with Crippen LogP contribution in [0.4, 0.5) is 0 Å². The van der Waals surface area contributed by atoms with Crippen molar-refractivity contribution in [3.8, 4) is 11.3 Å². The number of carbonyl (C=O) groups excluding carboxylic acids is 2. The number of ether oxygens (including phenoxy) is 1. The van der Waals surface area contributed by atoms with Crippen molar-refractivity contribution >= 4 is 34.4 Å². The first-order valence-electron chi connectivity index (χ1n) is 12.1. The summed E-state index contributed by atoms with van der Waals surface area (Å²) in [6, 6.07) is 16.5. The largest absolute Gasteiger partial charge is 0.452 e. The van der Waals surface area contributed by atoms with E-state index in [0.29, 0.717) is 27.2 Å². The van der Waals surface area contributed by atoms with Gasteiger partial charge in [0.2, 0.25) is 0 Å². The Hall–Kier alpha value is -2.92. The van der Waals surface area contributed by atoms with Crippen molar-refractivity contribution in [3.63, 3.8) is 0 Å². The first-order chi connectivity index (χ1) is 16.5. The lowest BCUT2D eigenvalue weighted by Crippen LogP contribution is -2.60. The number of para-hydroxylation sites is 1. The molecule has 2 aromatic carbocycles. The van der Waals surface area contributed by atoms with Gasteiger partial charge in [0.15, 0.2) is 6.61 Å². The van der Waals surface area contributed by atoms with Crippen molar-refractivity contribution in [2.45, 2.75) is 44.1 Å². The van der Waals surface area contributed by atoms with Crippen molar-refractivity contribution in [3.05, 3.63) is 65.2 Å². The summed E-state index contributed by atoms with van der Waals surface area (Å²) in [5.74, 6) is 1.47. The number of aromatic nitrogens is 1. The molecule has 4 bridgehead atoms. The molecule has 34 heavy (non-hydrogen) atoms. The predicted octanol–water partition coefficient (Wildman–Crippen LogP) is 5.80. The zero-order valence-corrected chi connectivity index (χ0v) is 19.7. The fourth-order valence-electron chi connectivity index (χ4n) is 6.96. The number of amides is 1. The molecule has 0 atom stereocenters. The van der Waals surface area contributed by atoms with Crippen molar-refractivity contribution in [1.29, 1.82) is 0 Å². The molecule has 4 aliphatic rings. The number of nitrogens with zero attached hydrogens (tertiary/aromatic N) is 1. The second-order valence-corrected chi connectivity index (χ2v) is 10.8. The summed E-state index contributed by atoms with van der Waals surface area (Å²) < 4.78 is 5.52. The summed E-state index contributed by atoms with van der Waals surface area (Å²) in [4.78, 5) is 30.7. The van der Waals surface area contributed by atoms with Crippen molar-refractivity contribution in [2.75, 3.05) is 6.61 Å². The Morgan fingerprint density at radius 2 is 1.62 bits per heavy atom. The molecule has 4 fully saturated rings. The molecule has 6 heteroatoms. The number of hydrogen-bond acceptors (Lipinski definition) is 4. The quantitative estimate of drug-likeness (QED) is 0.475. The van der Waals surface area contributed by atoms with Gasteiger partial charge in [-0.2, -0.15) is 0 Å². The van der Waals surface area contributed by atoms with E-state index in [2.05, 4.69) is 5.32 Å². The molecule has 174 valence electrons. The monoisotopic (exact) mass is 474 g/mol. The maximum absolute atomic E-state index is 13.1. The number of pyridine rings is 1. The van der Waals surface area contributed by atoms with E-state index in [4.69, 9.17) is 21.3 Å².